The Morgan fingerprint density at radius 3 is 2.23 bits per heavy atom. The van der Waals surface area contributed by atoms with Gasteiger partial charge in [-0.05, 0) is 86.2 Å². The van der Waals surface area contributed by atoms with E-state index >= 15 is 0 Å². The number of amides is 2. The van der Waals surface area contributed by atoms with Gasteiger partial charge in [0.05, 0.1) is 10.6 Å². The third-order valence-electron chi connectivity index (χ3n) is 9.06. The van der Waals surface area contributed by atoms with Gasteiger partial charge in [0.15, 0.2) is 0 Å². The van der Waals surface area contributed by atoms with E-state index in [2.05, 4.69) is 5.32 Å². The van der Waals surface area contributed by atoms with Gasteiger partial charge in [0.25, 0.3) is 10.0 Å². The fourth-order valence-corrected chi connectivity index (χ4v) is 8.05. The molecule has 0 aliphatic heterocycles. The number of carbonyl (C=O) groups excluding carboxylic acids is 2. The smallest absolute Gasteiger partial charge is 0.264 e. The van der Waals surface area contributed by atoms with E-state index < -0.39 is 28.5 Å². The minimum atomic E-state index is -4.21. The van der Waals surface area contributed by atoms with Crippen molar-refractivity contribution in [3.63, 3.8) is 0 Å². The lowest BCUT2D eigenvalue weighted by atomic mass is 10.0. The highest BCUT2D eigenvalue weighted by atomic mass is 35.5. The monoisotopic (exact) mass is 705 g/mol. The first-order valence-corrected chi connectivity index (χ1v) is 18.4. The number of sulfonamides is 1. The predicted octanol–water partition coefficient (Wildman–Crippen LogP) is 7.81. The van der Waals surface area contributed by atoms with Crippen molar-refractivity contribution >= 4 is 50.7 Å². The molecule has 1 N–H and O–H groups in total. The summed E-state index contributed by atoms with van der Waals surface area (Å²) >= 11 is 12.8. The number of anilines is 1. The van der Waals surface area contributed by atoms with Gasteiger partial charge < -0.3 is 10.2 Å². The number of carbonyl (C=O) groups is 2. The topological polar surface area (TPSA) is 86.8 Å². The Balaban J connectivity index is 1.61. The number of rotatable bonds is 12. The molecule has 0 spiro atoms. The Morgan fingerprint density at radius 2 is 1.56 bits per heavy atom. The number of nitrogens with zero attached hydrogens (tertiary/aromatic N) is 2. The van der Waals surface area contributed by atoms with Crippen molar-refractivity contribution in [2.75, 3.05) is 10.8 Å². The lowest BCUT2D eigenvalue weighted by molar-refractivity contribution is -0.140. The van der Waals surface area contributed by atoms with Crippen LogP contribution in [0.3, 0.4) is 0 Å². The van der Waals surface area contributed by atoms with E-state index in [1.807, 2.05) is 57.2 Å². The van der Waals surface area contributed by atoms with Crippen molar-refractivity contribution in [3.05, 3.63) is 129 Å². The average molecular weight is 707 g/mol. The van der Waals surface area contributed by atoms with Crippen LogP contribution in [0.2, 0.25) is 10.0 Å². The normalized spacial score (nSPS) is 14.0. The molecule has 10 heteroatoms. The van der Waals surface area contributed by atoms with Crippen molar-refractivity contribution in [1.82, 2.24) is 10.2 Å². The maximum absolute atomic E-state index is 14.8. The molecule has 252 valence electrons. The first-order valence-electron chi connectivity index (χ1n) is 16.2. The van der Waals surface area contributed by atoms with Crippen molar-refractivity contribution in [1.29, 1.82) is 0 Å². The van der Waals surface area contributed by atoms with Crippen LogP contribution in [0.1, 0.15) is 53.5 Å². The Hall–Kier alpha value is -3.85. The van der Waals surface area contributed by atoms with E-state index in [9.17, 15) is 18.0 Å². The Kier molecular flexibility index (Phi) is 11.5. The summed E-state index contributed by atoms with van der Waals surface area (Å²) < 4.78 is 29.9. The summed E-state index contributed by atoms with van der Waals surface area (Å²) in [7, 11) is -4.21. The van der Waals surface area contributed by atoms with E-state index in [-0.39, 0.29) is 29.8 Å². The van der Waals surface area contributed by atoms with Crippen LogP contribution in [0.4, 0.5) is 5.69 Å². The highest BCUT2D eigenvalue weighted by Crippen LogP contribution is 2.30. The molecule has 4 aromatic rings. The quantitative estimate of drug-likeness (QED) is 0.163. The second kappa shape index (κ2) is 15.6. The summed E-state index contributed by atoms with van der Waals surface area (Å²) in [4.78, 5) is 30.5. The highest BCUT2D eigenvalue weighted by Gasteiger charge is 2.36. The number of nitrogens with one attached hydrogen (secondary N) is 1. The fraction of sp³-hybridized carbons (Fsp3) is 0.316. The molecule has 0 heterocycles. The van der Waals surface area contributed by atoms with E-state index in [1.54, 1.807) is 54.6 Å². The Bertz CT molecular complexity index is 1860. The summed E-state index contributed by atoms with van der Waals surface area (Å²) in [6, 6.07) is 25.5. The third-order valence-corrected chi connectivity index (χ3v) is 11.4. The molecule has 4 aromatic carbocycles. The number of hydrogen-bond acceptors (Lipinski definition) is 4. The summed E-state index contributed by atoms with van der Waals surface area (Å²) in [5, 5.41) is 3.97. The second-order valence-electron chi connectivity index (χ2n) is 12.5. The van der Waals surface area contributed by atoms with Gasteiger partial charge in [0.2, 0.25) is 11.8 Å². The molecule has 7 nitrogen and oxygen atoms in total. The molecule has 1 saturated carbocycles. The largest absolute Gasteiger partial charge is 0.352 e. The molecule has 1 atom stereocenters. The maximum Gasteiger partial charge on any atom is 0.264 e. The summed E-state index contributed by atoms with van der Waals surface area (Å²) in [5.41, 5.74) is 4.36. The van der Waals surface area contributed by atoms with Crippen LogP contribution in [0, 0.1) is 20.8 Å². The second-order valence-corrected chi connectivity index (χ2v) is 15.2. The number of hydrogen-bond donors (Lipinski definition) is 1. The molecule has 1 fully saturated rings. The van der Waals surface area contributed by atoms with Gasteiger partial charge in [0, 0.05) is 29.1 Å². The zero-order chi connectivity index (χ0) is 34.4. The molecule has 2 amide bonds. The van der Waals surface area contributed by atoms with Gasteiger partial charge in [-0.25, -0.2) is 8.42 Å². The van der Waals surface area contributed by atoms with Crippen molar-refractivity contribution in [2.45, 2.75) is 76.4 Å². The maximum atomic E-state index is 14.8. The van der Waals surface area contributed by atoms with Gasteiger partial charge in [-0.15, -0.1) is 0 Å². The van der Waals surface area contributed by atoms with Crippen LogP contribution in [0.25, 0.3) is 0 Å². The minimum Gasteiger partial charge on any atom is -0.352 e. The zero-order valence-corrected chi connectivity index (χ0v) is 29.8. The van der Waals surface area contributed by atoms with Crippen LogP contribution < -0.4 is 9.62 Å². The van der Waals surface area contributed by atoms with E-state index in [1.165, 1.54) is 4.90 Å². The fourth-order valence-electron chi connectivity index (χ4n) is 6.11. The lowest BCUT2D eigenvalue weighted by Crippen LogP contribution is -2.54. The molecular formula is C38H41Cl2N3O4S. The average Bonchev–Trinajstić information content (AvgIpc) is 3.57. The molecule has 5 rings (SSSR count). The van der Waals surface area contributed by atoms with Crippen LogP contribution in [-0.4, -0.2) is 43.8 Å². The highest BCUT2D eigenvalue weighted by molar-refractivity contribution is 7.92. The first kappa shape index (κ1) is 35.5. The molecule has 0 saturated heterocycles. The van der Waals surface area contributed by atoms with Gasteiger partial charge in [-0.1, -0.05) is 102 Å². The van der Waals surface area contributed by atoms with Crippen molar-refractivity contribution in [3.8, 4) is 0 Å². The van der Waals surface area contributed by atoms with E-state index in [0.717, 1.165) is 52.2 Å². The summed E-state index contributed by atoms with van der Waals surface area (Å²) in [5.74, 6) is -0.830. The van der Waals surface area contributed by atoms with Gasteiger partial charge in [0.1, 0.15) is 12.6 Å². The molecular weight excluding hydrogens is 665 g/mol. The third kappa shape index (κ3) is 8.41. The molecule has 1 aliphatic rings. The molecule has 0 radical (unpaired) electrons. The van der Waals surface area contributed by atoms with Crippen LogP contribution in [0.15, 0.2) is 95.9 Å². The number of benzene rings is 4. The van der Waals surface area contributed by atoms with E-state index in [4.69, 9.17) is 23.2 Å². The molecule has 48 heavy (non-hydrogen) atoms. The number of aryl methyl sites for hydroxylation is 2. The predicted molar refractivity (Wildman–Crippen MR) is 193 cm³/mol. The van der Waals surface area contributed by atoms with Crippen molar-refractivity contribution in [2.24, 2.45) is 0 Å². The van der Waals surface area contributed by atoms with Gasteiger partial charge >= 0.3 is 0 Å². The van der Waals surface area contributed by atoms with E-state index in [0.29, 0.717) is 21.3 Å². The molecule has 1 aliphatic carbocycles. The lowest BCUT2D eigenvalue weighted by Gasteiger charge is -2.35. The SMILES string of the molecule is Cc1ccc(S(=O)(=O)N(CC(=O)N(Cc2ccc(Cl)cc2Cl)[C@H](Cc2ccccc2)C(=O)NC2CCCC2)c2cccc(C)c2C)cc1. The number of halogens is 2. The molecule has 0 bridgehead atoms. The standard InChI is InChI=1S/C38H41Cl2N3O4S/c1-26-16-20-33(21-17-26)48(46,47)43(35-15-9-10-27(2)28(35)3)25-37(44)42(24-30-18-19-31(39)23-34(30)40)36(22-29-11-5-4-6-12-29)38(45)41-32-13-7-8-14-32/h4-6,9-12,15-21,23,32,36H,7-8,13-14,22,24-25H2,1-3H3,(H,41,45)/t36-/m1/s1. The Labute approximate surface area is 293 Å². The summed E-state index contributed by atoms with van der Waals surface area (Å²) in [6.07, 6.45) is 4.02. The minimum absolute atomic E-state index is 0.0141. The Morgan fingerprint density at radius 1 is 0.875 bits per heavy atom. The van der Waals surface area contributed by atoms with Gasteiger partial charge in [-0.3, -0.25) is 13.9 Å². The molecule has 0 aromatic heterocycles. The molecule has 0 unspecified atom stereocenters. The first-order chi connectivity index (χ1) is 22.9. The van der Waals surface area contributed by atoms with Crippen LogP contribution >= 0.6 is 23.2 Å². The zero-order valence-electron chi connectivity index (χ0n) is 27.5. The van der Waals surface area contributed by atoms with Gasteiger partial charge in [-0.2, -0.15) is 0 Å². The summed E-state index contributed by atoms with van der Waals surface area (Å²) in [6.45, 7) is 5.05. The van der Waals surface area contributed by atoms with Crippen molar-refractivity contribution < 1.29 is 18.0 Å². The van der Waals surface area contributed by atoms with Crippen LogP contribution in [-0.2, 0) is 32.6 Å². The van der Waals surface area contributed by atoms with Crippen LogP contribution in [0.5, 0.6) is 0 Å².